The van der Waals surface area contributed by atoms with Crippen LogP contribution in [0.4, 0.5) is 0 Å². The van der Waals surface area contributed by atoms with Gasteiger partial charge < -0.3 is 0 Å². The molecule has 0 bridgehead atoms. The molecule has 1 aromatic heterocycles. The number of hydrazine groups is 1. The summed E-state index contributed by atoms with van der Waals surface area (Å²) in [5, 5.41) is 0. The van der Waals surface area contributed by atoms with Crippen LogP contribution in [0.5, 0.6) is 0 Å². The first kappa shape index (κ1) is 8.16. The van der Waals surface area contributed by atoms with E-state index in [-0.39, 0.29) is 0 Å². The predicted octanol–water partition coefficient (Wildman–Crippen LogP) is 1.34. The number of alkyl halides is 1. The summed E-state index contributed by atoms with van der Waals surface area (Å²) in [6.45, 7) is 0. The fourth-order valence-electron chi connectivity index (χ4n) is 1.33. The molecule has 2 N–H and O–H groups in total. The van der Waals surface area contributed by atoms with E-state index in [2.05, 4.69) is 31.8 Å². The fourth-order valence-corrected chi connectivity index (χ4v) is 1.84. The molecule has 1 aromatic rings. The number of hydrogen-bond donors (Lipinski definition) is 2. The molecule has 3 nitrogen and oxygen atoms in total. The summed E-state index contributed by atoms with van der Waals surface area (Å²) in [5.74, 6) is 0. The Morgan fingerprint density at radius 3 is 2.67 bits per heavy atom. The molecule has 2 unspecified atom stereocenters. The first-order chi connectivity index (χ1) is 5.86. The van der Waals surface area contributed by atoms with Gasteiger partial charge in [-0.3, -0.25) is 4.98 Å². The van der Waals surface area contributed by atoms with Crippen LogP contribution in [0.15, 0.2) is 24.5 Å². The third kappa shape index (κ3) is 1.65. The monoisotopic (exact) mass is 227 g/mol. The highest BCUT2D eigenvalue weighted by atomic mass is 79.9. The molecule has 0 spiro atoms. The zero-order valence-electron chi connectivity index (χ0n) is 6.50. The molecule has 2 atom stereocenters. The minimum absolute atomic E-state index is 0.371. The van der Waals surface area contributed by atoms with Gasteiger partial charge in [0.15, 0.2) is 0 Å². The van der Waals surface area contributed by atoms with Crippen molar-refractivity contribution in [2.75, 3.05) is 0 Å². The van der Waals surface area contributed by atoms with E-state index in [0.29, 0.717) is 11.0 Å². The van der Waals surface area contributed by atoms with Crippen LogP contribution in [0.25, 0.3) is 0 Å². The van der Waals surface area contributed by atoms with Gasteiger partial charge in [0.25, 0.3) is 0 Å². The number of aromatic nitrogens is 1. The maximum Gasteiger partial charge on any atom is 0.0781 e. The number of pyridine rings is 1. The maximum absolute atomic E-state index is 3.98. The molecule has 12 heavy (non-hydrogen) atoms. The second-order valence-electron chi connectivity index (χ2n) is 2.83. The third-order valence-electron chi connectivity index (χ3n) is 1.97. The molecule has 1 fully saturated rings. The Labute approximate surface area is 79.7 Å². The summed E-state index contributed by atoms with van der Waals surface area (Å²) in [6, 6.07) is 4.46. The Balaban J connectivity index is 2.11. The Morgan fingerprint density at radius 2 is 2.08 bits per heavy atom. The molecule has 2 heterocycles. The van der Waals surface area contributed by atoms with Gasteiger partial charge in [0.2, 0.25) is 0 Å². The predicted molar refractivity (Wildman–Crippen MR) is 50.6 cm³/mol. The highest BCUT2D eigenvalue weighted by Crippen LogP contribution is 2.23. The van der Waals surface area contributed by atoms with Crippen LogP contribution in [-0.2, 0) is 0 Å². The van der Waals surface area contributed by atoms with Crippen LogP contribution in [0, 0.1) is 0 Å². The molecular formula is C8H10BrN3. The summed E-state index contributed by atoms with van der Waals surface area (Å²) in [7, 11) is 0. The van der Waals surface area contributed by atoms with Crippen LogP contribution >= 0.6 is 15.9 Å². The van der Waals surface area contributed by atoms with E-state index in [0.717, 1.165) is 6.42 Å². The maximum atomic E-state index is 3.98. The van der Waals surface area contributed by atoms with Gasteiger partial charge in [0, 0.05) is 18.4 Å². The van der Waals surface area contributed by atoms with E-state index in [1.165, 1.54) is 5.56 Å². The molecule has 0 aliphatic carbocycles. The van der Waals surface area contributed by atoms with Gasteiger partial charge in [-0.25, -0.2) is 10.9 Å². The fraction of sp³-hybridized carbons (Fsp3) is 0.375. The summed E-state index contributed by atoms with van der Waals surface area (Å²) < 4.78 is 0. The molecular weight excluding hydrogens is 218 g/mol. The number of rotatable bonds is 1. The highest BCUT2D eigenvalue weighted by molar-refractivity contribution is 9.09. The zero-order chi connectivity index (χ0) is 8.39. The minimum Gasteiger partial charge on any atom is -0.265 e. The molecule has 0 radical (unpaired) electrons. The second kappa shape index (κ2) is 3.51. The van der Waals surface area contributed by atoms with Crippen molar-refractivity contribution < 1.29 is 0 Å². The van der Waals surface area contributed by atoms with E-state index in [1.54, 1.807) is 0 Å². The normalized spacial score (nSPS) is 29.1. The summed E-state index contributed by atoms with van der Waals surface area (Å²) in [5.41, 5.74) is 7.59. The van der Waals surface area contributed by atoms with Crippen LogP contribution in [0.2, 0.25) is 0 Å². The lowest BCUT2D eigenvalue weighted by molar-refractivity contribution is 0.578. The second-order valence-corrected chi connectivity index (χ2v) is 3.93. The van der Waals surface area contributed by atoms with Gasteiger partial charge in [-0.1, -0.05) is 15.9 Å². The van der Waals surface area contributed by atoms with E-state index >= 15 is 0 Å². The molecule has 64 valence electrons. The molecule has 1 saturated heterocycles. The number of hydrogen-bond acceptors (Lipinski definition) is 3. The molecule has 1 aliphatic rings. The number of halogens is 1. The van der Waals surface area contributed by atoms with Crippen LogP contribution < -0.4 is 10.9 Å². The van der Waals surface area contributed by atoms with Crippen molar-refractivity contribution in [3.63, 3.8) is 0 Å². The lowest BCUT2D eigenvalue weighted by atomic mass is 10.1. The topological polar surface area (TPSA) is 37.0 Å². The van der Waals surface area contributed by atoms with Crippen molar-refractivity contribution in [2.45, 2.75) is 17.4 Å². The van der Waals surface area contributed by atoms with Crippen molar-refractivity contribution >= 4 is 15.9 Å². The molecule has 4 heteroatoms. The minimum atomic E-state index is 0.371. The molecule has 0 aromatic carbocycles. The van der Waals surface area contributed by atoms with Gasteiger partial charge in [-0.05, 0) is 24.1 Å². The average molecular weight is 228 g/mol. The number of nitrogens with zero attached hydrogens (tertiary/aromatic N) is 1. The average Bonchev–Trinajstić information content (AvgIpc) is 2.54. The first-order valence-electron chi connectivity index (χ1n) is 3.91. The SMILES string of the molecule is BrC1CC(c2ccncc2)NN1. The van der Waals surface area contributed by atoms with E-state index in [1.807, 2.05) is 24.5 Å². The zero-order valence-corrected chi connectivity index (χ0v) is 8.08. The third-order valence-corrected chi connectivity index (χ3v) is 2.57. The van der Waals surface area contributed by atoms with Crippen LogP contribution in [0.1, 0.15) is 18.0 Å². The standard InChI is InChI=1S/C8H10BrN3/c9-8-5-7(11-12-8)6-1-3-10-4-2-6/h1-4,7-8,11-12H,5H2. The summed E-state index contributed by atoms with van der Waals surface area (Å²) >= 11 is 3.49. The Kier molecular flexibility index (Phi) is 2.39. The van der Waals surface area contributed by atoms with E-state index in [4.69, 9.17) is 0 Å². The summed E-state index contributed by atoms with van der Waals surface area (Å²) in [4.78, 5) is 4.35. The Morgan fingerprint density at radius 1 is 1.33 bits per heavy atom. The van der Waals surface area contributed by atoms with Crippen molar-refractivity contribution in [2.24, 2.45) is 0 Å². The van der Waals surface area contributed by atoms with Gasteiger partial charge in [-0.2, -0.15) is 0 Å². The van der Waals surface area contributed by atoms with E-state index in [9.17, 15) is 0 Å². The van der Waals surface area contributed by atoms with E-state index < -0.39 is 0 Å². The largest absolute Gasteiger partial charge is 0.265 e. The van der Waals surface area contributed by atoms with Gasteiger partial charge >= 0.3 is 0 Å². The highest BCUT2D eigenvalue weighted by Gasteiger charge is 2.22. The molecule has 0 amide bonds. The summed E-state index contributed by atoms with van der Waals surface area (Å²) in [6.07, 6.45) is 4.70. The lowest BCUT2D eigenvalue weighted by Gasteiger charge is -2.07. The van der Waals surface area contributed by atoms with Crippen molar-refractivity contribution in [1.82, 2.24) is 15.8 Å². The van der Waals surface area contributed by atoms with Gasteiger partial charge in [-0.15, -0.1) is 0 Å². The Bertz CT molecular complexity index is 252. The van der Waals surface area contributed by atoms with Crippen molar-refractivity contribution in [3.8, 4) is 0 Å². The first-order valence-corrected chi connectivity index (χ1v) is 4.83. The van der Waals surface area contributed by atoms with Crippen LogP contribution in [0.3, 0.4) is 0 Å². The molecule has 0 saturated carbocycles. The van der Waals surface area contributed by atoms with Gasteiger partial charge in [0.1, 0.15) is 0 Å². The Hall–Kier alpha value is -0.450. The quantitative estimate of drug-likeness (QED) is 0.562. The smallest absolute Gasteiger partial charge is 0.0781 e. The van der Waals surface area contributed by atoms with Crippen molar-refractivity contribution in [1.29, 1.82) is 0 Å². The van der Waals surface area contributed by atoms with Crippen LogP contribution in [-0.4, -0.2) is 9.94 Å². The number of nitrogens with one attached hydrogen (secondary N) is 2. The lowest BCUT2D eigenvalue weighted by Crippen LogP contribution is -2.27. The van der Waals surface area contributed by atoms with Crippen molar-refractivity contribution in [3.05, 3.63) is 30.1 Å². The molecule has 2 rings (SSSR count). The molecule has 1 aliphatic heterocycles. The van der Waals surface area contributed by atoms with Gasteiger partial charge in [0.05, 0.1) is 4.95 Å².